The van der Waals surface area contributed by atoms with Gasteiger partial charge in [0.05, 0.1) is 10.6 Å². The summed E-state index contributed by atoms with van der Waals surface area (Å²) in [6.07, 6.45) is -5.53. The highest BCUT2D eigenvalue weighted by Gasteiger charge is 2.37. The van der Waals surface area contributed by atoms with Gasteiger partial charge in [-0.2, -0.15) is 13.2 Å². The Kier molecular flexibility index (Phi) is 7.43. The number of carbonyl (C=O) groups is 2. The summed E-state index contributed by atoms with van der Waals surface area (Å²) >= 11 is 17.8. The van der Waals surface area contributed by atoms with E-state index in [-0.39, 0.29) is 46.0 Å². The Hall–Kier alpha value is -1.96. The molecule has 0 unspecified atom stereocenters. The van der Waals surface area contributed by atoms with Crippen molar-refractivity contribution in [1.29, 1.82) is 0 Å². The maximum absolute atomic E-state index is 12.8. The van der Waals surface area contributed by atoms with Crippen LogP contribution in [0, 0.1) is 0 Å². The fraction of sp³-hybridized carbons (Fsp3) is 0.263. The van der Waals surface area contributed by atoms with Gasteiger partial charge >= 0.3 is 6.18 Å². The topological polar surface area (TPSA) is 74.6 Å². The molecule has 0 aliphatic carbocycles. The van der Waals surface area contributed by atoms with Crippen LogP contribution in [0.25, 0.3) is 0 Å². The summed E-state index contributed by atoms with van der Waals surface area (Å²) in [5, 5.41) is 20.1. The van der Waals surface area contributed by atoms with Crippen molar-refractivity contribution in [1.82, 2.24) is 0 Å². The maximum Gasteiger partial charge on any atom is 0.449 e. The second kappa shape index (κ2) is 9.24. The van der Waals surface area contributed by atoms with Crippen LogP contribution in [0.2, 0.25) is 15.1 Å². The first-order valence-electron chi connectivity index (χ1n) is 8.26. The molecule has 0 fully saturated rings. The molecule has 29 heavy (non-hydrogen) atoms. The second-order valence-electron chi connectivity index (χ2n) is 6.18. The minimum absolute atomic E-state index is 0.00190. The summed E-state index contributed by atoms with van der Waals surface area (Å²) in [5.41, 5.74) is -0.120. The summed E-state index contributed by atoms with van der Waals surface area (Å²) in [7, 11) is 0. The minimum atomic E-state index is -4.89. The molecule has 4 nitrogen and oxygen atoms in total. The lowest BCUT2D eigenvalue weighted by Gasteiger charge is -2.13. The highest BCUT2D eigenvalue weighted by Crippen LogP contribution is 2.40. The molecule has 0 aromatic heterocycles. The largest absolute Gasteiger partial charge is 0.506 e. The highest BCUT2D eigenvalue weighted by molar-refractivity contribution is 6.38. The van der Waals surface area contributed by atoms with Gasteiger partial charge < -0.3 is 10.2 Å². The number of phenolic OH excluding ortho intramolecular Hbond substituents is 2. The first kappa shape index (κ1) is 23.3. The molecule has 0 amide bonds. The van der Waals surface area contributed by atoms with Crippen LogP contribution in [-0.4, -0.2) is 28.0 Å². The molecule has 0 atom stereocenters. The SMILES string of the molecule is O=C(c1cc(Cl)ccc1Cl)c1cc(CCCCC(=O)C(F)(F)F)c(O)c(Cl)c1O. The van der Waals surface area contributed by atoms with Crippen molar-refractivity contribution < 1.29 is 33.0 Å². The molecular weight excluding hydrogens is 456 g/mol. The highest BCUT2D eigenvalue weighted by atomic mass is 35.5. The molecule has 10 heteroatoms. The average Bonchev–Trinajstić information content (AvgIpc) is 2.65. The summed E-state index contributed by atoms with van der Waals surface area (Å²) < 4.78 is 36.7. The summed E-state index contributed by atoms with van der Waals surface area (Å²) in [5.74, 6) is -3.71. The van der Waals surface area contributed by atoms with Gasteiger partial charge in [0.15, 0.2) is 5.78 Å². The van der Waals surface area contributed by atoms with Crippen molar-refractivity contribution in [2.75, 3.05) is 0 Å². The zero-order valence-electron chi connectivity index (χ0n) is 14.6. The molecule has 0 saturated heterocycles. The zero-order chi connectivity index (χ0) is 21.9. The lowest BCUT2D eigenvalue weighted by molar-refractivity contribution is -0.171. The third-order valence-corrected chi connectivity index (χ3v) is 5.05. The average molecular weight is 470 g/mol. The van der Waals surface area contributed by atoms with Crippen LogP contribution in [0.15, 0.2) is 24.3 Å². The van der Waals surface area contributed by atoms with Crippen LogP contribution < -0.4 is 0 Å². The number of ketones is 2. The lowest BCUT2D eigenvalue weighted by atomic mass is 9.97. The number of carbonyl (C=O) groups excluding carboxylic acids is 2. The minimum Gasteiger partial charge on any atom is -0.506 e. The van der Waals surface area contributed by atoms with Crippen LogP contribution >= 0.6 is 34.8 Å². The van der Waals surface area contributed by atoms with E-state index in [0.717, 1.165) is 0 Å². The second-order valence-corrected chi connectivity index (χ2v) is 7.40. The van der Waals surface area contributed by atoms with E-state index in [1.807, 2.05) is 0 Å². The number of aryl methyl sites for hydroxylation is 1. The van der Waals surface area contributed by atoms with Crippen molar-refractivity contribution in [3.8, 4) is 11.5 Å². The molecule has 0 saturated carbocycles. The monoisotopic (exact) mass is 468 g/mol. The Bertz CT molecular complexity index is 959. The van der Waals surface area contributed by atoms with Gasteiger partial charge in [0.1, 0.15) is 16.5 Å². The Balaban J connectivity index is 2.25. The molecule has 2 aromatic rings. The van der Waals surface area contributed by atoms with Crippen molar-refractivity contribution in [3.05, 3.63) is 56.0 Å². The fourth-order valence-electron chi connectivity index (χ4n) is 2.61. The number of alkyl halides is 3. The Morgan fingerprint density at radius 3 is 2.21 bits per heavy atom. The van der Waals surface area contributed by atoms with Gasteiger partial charge in [-0.3, -0.25) is 9.59 Å². The molecule has 2 aromatic carbocycles. The maximum atomic E-state index is 12.8. The summed E-state index contributed by atoms with van der Waals surface area (Å²) in [4.78, 5) is 23.7. The van der Waals surface area contributed by atoms with Crippen LogP contribution in [0.5, 0.6) is 11.5 Å². The van der Waals surface area contributed by atoms with Gasteiger partial charge in [-0.15, -0.1) is 0 Å². The molecule has 2 N–H and O–H groups in total. The molecule has 0 aliphatic rings. The number of halogens is 6. The number of unbranched alkanes of at least 4 members (excludes halogenated alkanes) is 1. The molecule has 2 rings (SSSR count). The van der Waals surface area contributed by atoms with Crippen LogP contribution in [0.4, 0.5) is 13.2 Å². The number of benzene rings is 2. The Morgan fingerprint density at radius 1 is 0.931 bits per heavy atom. The van der Waals surface area contributed by atoms with Crippen LogP contribution in [0.3, 0.4) is 0 Å². The predicted molar refractivity (Wildman–Crippen MR) is 103 cm³/mol. The molecule has 0 bridgehead atoms. The van der Waals surface area contributed by atoms with E-state index < -0.39 is 40.7 Å². The quantitative estimate of drug-likeness (QED) is 0.378. The van der Waals surface area contributed by atoms with E-state index in [1.165, 1.54) is 24.3 Å². The normalized spacial score (nSPS) is 11.5. The van der Waals surface area contributed by atoms with Crippen molar-refractivity contribution in [2.24, 2.45) is 0 Å². The standard InChI is InChI=1S/C19H14Cl3F3O4/c20-10-5-6-13(21)11(8-10)17(28)12-7-9(16(27)15(22)18(12)29)3-1-2-4-14(26)19(23,24)25/h5-8,27,29H,1-4H2. The van der Waals surface area contributed by atoms with Gasteiger partial charge in [-0.05, 0) is 49.1 Å². The zero-order valence-corrected chi connectivity index (χ0v) is 16.9. The van der Waals surface area contributed by atoms with Crippen LogP contribution in [-0.2, 0) is 11.2 Å². The van der Waals surface area contributed by atoms with E-state index in [1.54, 1.807) is 0 Å². The number of rotatable bonds is 7. The van der Waals surface area contributed by atoms with E-state index in [9.17, 15) is 33.0 Å². The van der Waals surface area contributed by atoms with E-state index in [2.05, 4.69) is 0 Å². The van der Waals surface area contributed by atoms with Gasteiger partial charge in [-0.1, -0.05) is 34.8 Å². The van der Waals surface area contributed by atoms with E-state index in [4.69, 9.17) is 34.8 Å². The summed E-state index contributed by atoms with van der Waals surface area (Å²) in [6.45, 7) is 0. The van der Waals surface area contributed by atoms with E-state index in [0.29, 0.717) is 0 Å². The first-order chi connectivity index (χ1) is 13.4. The number of Topliss-reactive ketones (excluding diaryl/α,β-unsaturated/α-hetero) is 1. The summed E-state index contributed by atoms with van der Waals surface area (Å²) in [6, 6.07) is 5.35. The third-order valence-electron chi connectivity index (χ3n) is 4.13. The molecular formula is C19H14Cl3F3O4. The number of aromatic hydroxyl groups is 2. The Morgan fingerprint density at radius 2 is 1.59 bits per heavy atom. The third kappa shape index (κ3) is 5.56. The van der Waals surface area contributed by atoms with Gasteiger partial charge in [0, 0.05) is 17.0 Å². The van der Waals surface area contributed by atoms with Gasteiger partial charge in [-0.25, -0.2) is 0 Å². The van der Waals surface area contributed by atoms with Gasteiger partial charge in [0.25, 0.3) is 0 Å². The van der Waals surface area contributed by atoms with E-state index >= 15 is 0 Å². The van der Waals surface area contributed by atoms with Crippen molar-refractivity contribution in [2.45, 2.75) is 31.9 Å². The number of hydrogen-bond acceptors (Lipinski definition) is 4. The molecule has 0 heterocycles. The van der Waals surface area contributed by atoms with Crippen LogP contribution in [0.1, 0.15) is 40.7 Å². The van der Waals surface area contributed by atoms with Crippen molar-refractivity contribution in [3.63, 3.8) is 0 Å². The smallest absolute Gasteiger partial charge is 0.449 e. The molecule has 0 radical (unpaired) electrons. The fourth-order valence-corrected chi connectivity index (χ4v) is 3.20. The van der Waals surface area contributed by atoms with Crippen molar-refractivity contribution >= 4 is 46.4 Å². The number of hydrogen-bond donors (Lipinski definition) is 2. The predicted octanol–water partition coefficient (Wildman–Crippen LogP) is 6.13. The molecule has 0 aliphatic heterocycles. The number of phenols is 2. The first-order valence-corrected chi connectivity index (χ1v) is 9.40. The molecule has 0 spiro atoms. The Labute approximate surface area is 178 Å². The van der Waals surface area contributed by atoms with Gasteiger partial charge in [0.2, 0.25) is 5.78 Å². The molecule has 156 valence electrons. The lowest BCUT2D eigenvalue weighted by Crippen LogP contribution is -2.22.